The first-order chi connectivity index (χ1) is 14.7. The summed E-state index contributed by atoms with van der Waals surface area (Å²) in [6, 6.07) is 16.0. The number of nitrogens with zero attached hydrogens (tertiary/aromatic N) is 2. The maximum absolute atomic E-state index is 13.0. The molecule has 3 heterocycles. The second-order valence-electron chi connectivity index (χ2n) is 7.49. The Morgan fingerprint density at radius 2 is 1.90 bits per heavy atom. The van der Waals surface area contributed by atoms with E-state index in [-0.39, 0.29) is 5.91 Å². The zero-order valence-corrected chi connectivity index (χ0v) is 16.9. The zero-order chi connectivity index (χ0) is 20.5. The Labute approximate surface area is 174 Å². The monoisotopic (exact) mass is 401 g/mol. The summed E-state index contributed by atoms with van der Waals surface area (Å²) in [5, 5.41) is 6.09. The topological polar surface area (TPSA) is 67.6 Å². The smallest absolute Gasteiger partial charge is 0.287 e. The predicted octanol–water partition coefficient (Wildman–Crippen LogP) is 4.06. The van der Waals surface area contributed by atoms with Gasteiger partial charge in [0.05, 0.1) is 13.2 Å². The SMILES string of the molecule is Cc1c(C(=O)NCc2cccnc2N2CCOCC2)oc2c1ccc1ccccc12. The molecule has 0 unspecified atom stereocenters. The summed E-state index contributed by atoms with van der Waals surface area (Å²) >= 11 is 0. The fourth-order valence-electron chi connectivity index (χ4n) is 4.05. The van der Waals surface area contributed by atoms with E-state index < -0.39 is 0 Å². The number of nitrogens with one attached hydrogen (secondary N) is 1. The third-order valence-electron chi connectivity index (χ3n) is 5.65. The van der Waals surface area contributed by atoms with E-state index in [9.17, 15) is 4.79 Å². The van der Waals surface area contributed by atoms with Crippen molar-refractivity contribution < 1.29 is 13.9 Å². The molecule has 1 aliphatic rings. The van der Waals surface area contributed by atoms with Gasteiger partial charge in [-0.2, -0.15) is 0 Å². The molecule has 1 saturated heterocycles. The summed E-state index contributed by atoms with van der Waals surface area (Å²) in [6.45, 7) is 5.29. The highest BCUT2D eigenvalue weighted by Gasteiger charge is 2.20. The molecule has 0 aliphatic carbocycles. The minimum Gasteiger partial charge on any atom is -0.450 e. The molecule has 2 aromatic carbocycles. The lowest BCUT2D eigenvalue weighted by molar-refractivity contribution is 0.0924. The third-order valence-corrected chi connectivity index (χ3v) is 5.65. The summed E-state index contributed by atoms with van der Waals surface area (Å²) < 4.78 is 11.5. The normalized spacial score (nSPS) is 14.4. The van der Waals surface area contributed by atoms with Crippen molar-refractivity contribution in [1.82, 2.24) is 10.3 Å². The van der Waals surface area contributed by atoms with Crippen LogP contribution in [0, 0.1) is 6.92 Å². The molecule has 5 rings (SSSR count). The minimum absolute atomic E-state index is 0.218. The van der Waals surface area contributed by atoms with Gasteiger partial charge in [0.1, 0.15) is 11.4 Å². The van der Waals surface area contributed by atoms with Crippen molar-refractivity contribution in [2.24, 2.45) is 0 Å². The standard InChI is InChI=1S/C24H23N3O3/c1-16-19-9-8-17-5-2-3-7-20(17)22(19)30-21(16)24(28)26-15-18-6-4-10-25-23(18)27-11-13-29-14-12-27/h2-10H,11-15H2,1H3,(H,26,28). The Kier molecular flexibility index (Phi) is 4.85. The zero-order valence-electron chi connectivity index (χ0n) is 16.9. The number of carbonyl (C=O) groups excluding carboxylic acids is 1. The van der Waals surface area contributed by atoms with E-state index in [1.807, 2.05) is 49.4 Å². The van der Waals surface area contributed by atoms with E-state index in [1.54, 1.807) is 6.20 Å². The first-order valence-electron chi connectivity index (χ1n) is 10.2. The van der Waals surface area contributed by atoms with E-state index in [1.165, 1.54) is 0 Å². The summed E-state index contributed by atoms with van der Waals surface area (Å²) in [4.78, 5) is 19.7. The van der Waals surface area contributed by atoms with Crippen molar-refractivity contribution >= 4 is 33.5 Å². The molecule has 0 radical (unpaired) electrons. The number of furan rings is 1. The molecule has 152 valence electrons. The first-order valence-corrected chi connectivity index (χ1v) is 10.2. The van der Waals surface area contributed by atoms with Crippen molar-refractivity contribution in [3.63, 3.8) is 0 Å². The van der Waals surface area contributed by atoms with Gasteiger partial charge in [0.2, 0.25) is 0 Å². The molecule has 1 amide bonds. The number of rotatable bonds is 4. The fourth-order valence-corrected chi connectivity index (χ4v) is 4.05. The van der Waals surface area contributed by atoms with Crippen LogP contribution in [0.4, 0.5) is 5.82 Å². The van der Waals surface area contributed by atoms with Crippen molar-refractivity contribution in [3.05, 3.63) is 71.6 Å². The molecule has 1 fully saturated rings. The van der Waals surface area contributed by atoms with Gasteiger partial charge >= 0.3 is 0 Å². The summed E-state index contributed by atoms with van der Waals surface area (Å²) in [5.74, 6) is 1.04. The molecule has 2 aromatic heterocycles. The number of anilines is 1. The highest BCUT2D eigenvalue weighted by atomic mass is 16.5. The molecule has 0 bridgehead atoms. The van der Waals surface area contributed by atoms with Gasteiger partial charge < -0.3 is 19.4 Å². The van der Waals surface area contributed by atoms with E-state index in [0.29, 0.717) is 25.5 Å². The number of pyridine rings is 1. The summed E-state index contributed by atoms with van der Waals surface area (Å²) in [6.07, 6.45) is 1.78. The fraction of sp³-hybridized carbons (Fsp3) is 0.250. The first kappa shape index (κ1) is 18.6. The number of amides is 1. The lowest BCUT2D eigenvalue weighted by atomic mass is 10.1. The third kappa shape index (κ3) is 3.29. The van der Waals surface area contributed by atoms with Gasteiger partial charge in [-0.25, -0.2) is 4.98 Å². The van der Waals surface area contributed by atoms with Gasteiger partial charge in [0, 0.05) is 47.7 Å². The predicted molar refractivity (Wildman–Crippen MR) is 117 cm³/mol. The number of hydrogen-bond donors (Lipinski definition) is 1. The van der Waals surface area contributed by atoms with Crippen LogP contribution in [0.15, 0.2) is 59.1 Å². The van der Waals surface area contributed by atoms with Crippen LogP contribution < -0.4 is 10.2 Å². The molecule has 6 heteroatoms. The van der Waals surface area contributed by atoms with Crippen LogP contribution in [0.5, 0.6) is 0 Å². The van der Waals surface area contributed by atoms with Gasteiger partial charge in [-0.3, -0.25) is 4.79 Å². The Morgan fingerprint density at radius 1 is 1.07 bits per heavy atom. The maximum Gasteiger partial charge on any atom is 0.287 e. The number of fused-ring (bicyclic) bond motifs is 3. The van der Waals surface area contributed by atoms with Crippen LogP contribution in [0.3, 0.4) is 0 Å². The second-order valence-corrected chi connectivity index (χ2v) is 7.49. The molecule has 4 aromatic rings. The van der Waals surface area contributed by atoms with Gasteiger partial charge in [-0.05, 0) is 18.4 Å². The average molecular weight is 401 g/mol. The Bertz CT molecular complexity index is 1230. The summed E-state index contributed by atoms with van der Waals surface area (Å²) in [5.41, 5.74) is 2.59. The molecule has 1 N–H and O–H groups in total. The number of morpholine rings is 1. The number of benzene rings is 2. The number of hydrogen-bond acceptors (Lipinski definition) is 5. The van der Waals surface area contributed by atoms with Crippen molar-refractivity contribution in [2.75, 3.05) is 31.2 Å². The average Bonchev–Trinajstić information content (AvgIpc) is 3.15. The molecule has 0 saturated carbocycles. The molecular weight excluding hydrogens is 378 g/mol. The minimum atomic E-state index is -0.218. The Hall–Kier alpha value is -3.38. The highest BCUT2D eigenvalue weighted by molar-refractivity contribution is 6.08. The van der Waals surface area contributed by atoms with Crippen LogP contribution in [-0.2, 0) is 11.3 Å². The lowest BCUT2D eigenvalue weighted by Gasteiger charge is -2.29. The number of carbonyl (C=O) groups is 1. The van der Waals surface area contributed by atoms with Gasteiger partial charge in [0.15, 0.2) is 5.76 Å². The van der Waals surface area contributed by atoms with E-state index in [0.717, 1.165) is 51.8 Å². The van der Waals surface area contributed by atoms with Crippen LogP contribution in [-0.4, -0.2) is 37.2 Å². The van der Waals surface area contributed by atoms with Crippen molar-refractivity contribution in [2.45, 2.75) is 13.5 Å². The molecule has 30 heavy (non-hydrogen) atoms. The second kappa shape index (κ2) is 7.80. The van der Waals surface area contributed by atoms with E-state index >= 15 is 0 Å². The molecule has 6 nitrogen and oxygen atoms in total. The molecule has 0 spiro atoms. The van der Waals surface area contributed by atoms with Crippen molar-refractivity contribution in [1.29, 1.82) is 0 Å². The van der Waals surface area contributed by atoms with Gasteiger partial charge in [0.25, 0.3) is 5.91 Å². The molecule has 1 aliphatic heterocycles. The van der Waals surface area contributed by atoms with E-state index in [4.69, 9.17) is 9.15 Å². The Balaban J connectivity index is 1.41. The van der Waals surface area contributed by atoms with Gasteiger partial charge in [-0.15, -0.1) is 0 Å². The summed E-state index contributed by atoms with van der Waals surface area (Å²) in [7, 11) is 0. The number of aryl methyl sites for hydroxylation is 1. The lowest BCUT2D eigenvalue weighted by Crippen LogP contribution is -2.37. The van der Waals surface area contributed by atoms with Crippen molar-refractivity contribution in [3.8, 4) is 0 Å². The number of ether oxygens (including phenoxy) is 1. The van der Waals surface area contributed by atoms with Crippen LogP contribution in [0.1, 0.15) is 21.7 Å². The molecule has 0 atom stereocenters. The van der Waals surface area contributed by atoms with Gasteiger partial charge in [-0.1, -0.05) is 42.5 Å². The molecular formula is C24H23N3O3. The van der Waals surface area contributed by atoms with Crippen LogP contribution in [0.2, 0.25) is 0 Å². The van der Waals surface area contributed by atoms with Crippen LogP contribution >= 0.6 is 0 Å². The number of aromatic nitrogens is 1. The maximum atomic E-state index is 13.0. The van der Waals surface area contributed by atoms with E-state index in [2.05, 4.69) is 21.3 Å². The largest absolute Gasteiger partial charge is 0.450 e. The van der Waals surface area contributed by atoms with Crippen LogP contribution in [0.25, 0.3) is 21.7 Å². The Morgan fingerprint density at radius 3 is 2.77 bits per heavy atom. The quantitative estimate of drug-likeness (QED) is 0.559. The highest BCUT2D eigenvalue weighted by Crippen LogP contribution is 2.31.